The molecule has 1 aliphatic heterocycles. The van der Waals surface area contributed by atoms with E-state index in [2.05, 4.69) is 23.0 Å². The summed E-state index contributed by atoms with van der Waals surface area (Å²) in [4.78, 5) is 15.2. The van der Waals surface area contributed by atoms with E-state index < -0.39 is 0 Å². The molecule has 0 bridgehead atoms. The Balaban J connectivity index is 1.84. The largest absolute Gasteiger partial charge is 0.453 e. The third-order valence-corrected chi connectivity index (χ3v) is 4.48. The van der Waals surface area contributed by atoms with Gasteiger partial charge in [-0.3, -0.25) is 0 Å². The summed E-state index contributed by atoms with van der Waals surface area (Å²) >= 11 is 3.38. The minimum Gasteiger partial charge on any atom is -0.453 e. The highest BCUT2D eigenvalue weighted by Gasteiger charge is 2.23. The van der Waals surface area contributed by atoms with Gasteiger partial charge in [-0.15, -0.1) is 0 Å². The van der Waals surface area contributed by atoms with E-state index in [-0.39, 0.29) is 12.1 Å². The highest BCUT2D eigenvalue weighted by molar-refractivity contribution is 9.10. The molecule has 0 aromatic heterocycles. The first-order chi connectivity index (χ1) is 9.56. The summed E-state index contributed by atoms with van der Waals surface area (Å²) in [5.74, 6) is -0.246. The number of carbonyl (C=O) groups is 1. The van der Waals surface area contributed by atoms with Gasteiger partial charge in [0.1, 0.15) is 38.8 Å². The van der Waals surface area contributed by atoms with Gasteiger partial charge < -0.3 is 14.5 Å². The molecule has 5 heteroatoms. The zero-order chi connectivity index (χ0) is 14.5. The molecule has 0 aliphatic carbocycles. The van der Waals surface area contributed by atoms with Crippen molar-refractivity contribution in [3.63, 3.8) is 0 Å². The number of carbonyl (C=O) groups excluding carboxylic acids is 1. The van der Waals surface area contributed by atoms with Crippen molar-refractivity contribution in [2.75, 3.05) is 39.8 Å². The normalized spacial score (nSPS) is 24.1. The molecule has 4 nitrogen and oxygen atoms in total. The molecule has 1 aromatic rings. The van der Waals surface area contributed by atoms with Gasteiger partial charge in [-0.2, -0.15) is 0 Å². The predicted molar refractivity (Wildman–Crippen MR) is 81.2 cm³/mol. The van der Waals surface area contributed by atoms with E-state index in [4.69, 9.17) is 4.74 Å². The number of hydrogen-bond acceptors (Lipinski definition) is 2. The third-order valence-electron chi connectivity index (χ3n) is 3.79. The van der Waals surface area contributed by atoms with E-state index in [1.165, 1.54) is 18.0 Å². The van der Waals surface area contributed by atoms with Crippen molar-refractivity contribution in [3.8, 4) is 0 Å². The molecule has 110 valence electrons. The second kappa shape index (κ2) is 7.20. The second-order valence-corrected chi connectivity index (χ2v) is 6.46. The van der Waals surface area contributed by atoms with E-state index in [0.29, 0.717) is 5.56 Å². The molecule has 1 saturated heterocycles. The molecule has 0 radical (unpaired) electrons. The van der Waals surface area contributed by atoms with Crippen LogP contribution in [0.4, 0.5) is 0 Å². The zero-order valence-electron chi connectivity index (χ0n) is 12.1. The van der Waals surface area contributed by atoms with Crippen LogP contribution in [0, 0.1) is 0 Å². The molecule has 1 fully saturated rings. The Bertz CT molecular complexity index is 459. The number of benzene rings is 1. The van der Waals surface area contributed by atoms with Crippen LogP contribution in [-0.4, -0.2) is 51.8 Å². The van der Waals surface area contributed by atoms with Crippen molar-refractivity contribution in [1.29, 1.82) is 0 Å². The van der Waals surface area contributed by atoms with Crippen LogP contribution in [0.3, 0.4) is 0 Å². The summed E-state index contributed by atoms with van der Waals surface area (Å²) < 4.78 is 6.34. The van der Waals surface area contributed by atoms with Crippen LogP contribution in [-0.2, 0) is 4.74 Å². The topological polar surface area (TPSA) is 35.2 Å². The van der Waals surface area contributed by atoms with Crippen molar-refractivity contribution in [2.24, 2.45) is 0 Å². The van der Waals surface area contributed by atoms with Crippen LogP contribution < -0.4 is 9.80 Å². The predicted octanol–water partition coefficient (Wildman–Crippen LogP) is -0.592. The van der Waals surface area contributed by atoms with Gasteiger partial charge in [-0.25, -0.2) is 4.79 Å². The molecular weight excluding hydrogens is 320 g/mol. The first-order valence-corrected chi connectivity index (χ1v) is 7.96. The molecule has 2 N–H and O–H groups in total. The standard InChI is InChI=1S/C15H21BrN2O2/c1-12(11-18-9-7-17(2)8-10-18)20-15(19)13-5-3-4-6-14(13)16/h3-6,12H,7-11H2,1-2H3/p+2/t12-/m0/s1. The molecule has 1 aliphatic rings. The lowest BCUT2D eigenvalue weighted by Gasteiger charge is -2.28. The van der Waals surface area contributed by atoms with Crippen molar-refractivity contribution in [3.05, 3.63) is 34.3 Å². The molecule has 1 atom stereocenters. The highest BCUT2D eigenvalue weighted by Crippen LogP contribution is 2.17. The van der Waals surface area contributed by atoms with Gasteiger partial charge in [0.15, 0.2) is 0 Å². The number of nitrogens with one attached hydrogen (secondary N) is 2. The molecule has 20 heavy (non-hydrogen) atoms. The number of hydrogen-bond donors (Lipinski definition) is 2. The first-order valence-electron chi connectivity index (χ1n) is 7.16. The van der Waals surface area contributed by atoms with Crippen molar-refractivity contribution < 1.29 is 19.3 Å². The highest BCUT2D eigenvalue weighted by atomic mass is 79.9. The zero-order valence-corrected chi connectivity index (χ0v) is 13.7. The van der Waals surface area contributed by atoms with Gasteiger partial charge in [0, 0.05) is 4.47 Å². The maximum atomic E-state index is 12.1. The SMILES string of the molecule is C[C@@H](C[NH+]1CC[NH+](C)CC1)OC(=O)c1ccccc1Br. The average molecular weight is 343 g/mol. The van der Waals surface area contributed by atoms with Crippen LogP contribution in [0.5, 0.6) is 0 Å². The molecule has 0 spiro atoms. The number of rotatable bonds is 4. The van der Waals surface area contributed by atoms with Gasteiger partial charge in [0.25, 0.3) is 0 Å². The van der Waals surface area contributed by atoms with Gasteiger partial charge in [0.05, 0.1) is 12.6 Å². The third kappa shape index (κ3) is 4.30. The average Bonchev–Trinajstić information content (AvgIpc) is 2.41. The number of piperazine rings is 1. The molecule has 1 aromatic carbocycles. The number of likely N-dealkylation sites (N-methyl/N-ethyl adjacent to an activating group) is 1. The maximum Gasteiger partial charge on any atom is 0.339 e. The van der Waals surface area contributed by atoms with Gasteiger partial charge in [-0.1, -0.05) is 12.1 Å². The fourth-order valence-corrected chi connectivity index (χ4v) is 3.00. The van der Waals surface area contributed by atoms with Crippen LogP contribution in [0.25, 0.3) is 0 Å². The second-order valence-electron chi connectivity index (χ2n) is 5.61. The summed E-state index contributed by atoms with van der Waals surface area (Å²) in [5, 5.41) is 0. The molecule has 0 unspecified atom stereocenters. The lowest BCUT2D eigenvalue weighted by atomic mass is 10.2. The Labute approximate surface area is 128 Å². The fraction of sp³-hybridized carbons (Fsp3) is 0.533. The molecule has 0 saturated carbocycles. The quantitative estimate of drug-likeness (QED) is 0.717. The van der Waals surface area contributed by atoms with Crippen LogP contribution in [0.1, 0.15) is 17.3 Å². The Morgan fingerprint density at radius 1 is 1.30 bits per heavy atom. The summed E-state index contributed by atoms with van der Waals surface area (Å²) in [5.41, 5.74) is 0.595. The first kappa shape index (κ1) is 15.5. The number of esters is 1. The van der Waals surface area contributed by atoms with E-state index in [1.54, 1.807) is 11.0 Å². The monoisotopic (exact) mass is 342 g/mol. The maximum absolute atomic E-state index is 12.1. The van der Waals surface area contributed by atoms with E-state index in [9.17, 15) is 4.79 Å². The van der Waals surface area contributed by atoms with E-state index >= 15 is 0 Å². The summed E-state index contributed by atoms with van der Waals surface area (Å²) in [6, 6.07) is 7.38. The summed E-state index contributed by atoms with van der Waals surface area (Å²) in [6.07, 6.45) is -0.0528. The summed E-state index contributed by atoms with van der Waals surface area (Å²) in [6.45, 7) is 7.57. The number of halogens is 1. The minimum absolute atomic E-state index is 0.0528. The van der Waals surface area contributed by atoms with Crippen molar-refractivity contribution in [1.82, 2.24) is 0 Å². The minimum atomic E-state index is -0.246. The van der Waals surface area contributed by atoms with Crippen molar-refractivity contribution >= 4 is 21.9 Å². The van der Waals surface area contributed by atoms with Gasteiger partial charge in [0.2, 0.25) is 0 Å². The number of ether oxygens (including phenoxy) is 1. The Morgan fingerprint density at radius 3 is 2.60 bits per heavy atom. The van der Waals surface area contributed by atoms with Crippen molar-refractivity contribution in [2.45, 2.75) is 13.0 Å². The lowest BCUT2D eigenvalue weighted by Crippen LogP contribution is -3.27. The Hall–Kier alpha value is -0.910. The molecule has 1 heterocycles. The van der Waals surface area contributed by atoms with E-state index in [0.717, 1.165) is 24.1 Å². The number of quaternary nitrogens is 2. The molecular formula is C15H23BrN2O2+2. The van der Waals surface area contributed by atoms with E-state index in [1.807, 2.05) is 25.1 Å². The summed E-state index contributed by atoms with van der Waals surface area (Å²) in [7, 11) is 2.23. The van der Waals surface area contributed by atoms with Gasteiger partial charge >= 0.3 is 5.97 Å². The van der Waals surface area contributed by atoms with Gasteiger partial charge in [-0.05, 0) is 35.0 Å². The molecule has 2 rings (SSSR count). The Kier molecular flexibility index (Phi) is 5.57. The smallest absolute Gasteiger partial charge is 0.339 e. The molecule has 0 amide bonds. The van der Waals surface area contributed by atoms with Crippen LogP contribution in [0.2, 0.25) is 0 Å². The van der Waals surface area contributed by atoms with Crippen LogP contribution in [0.15, 0.2) is 28.7 Å². The van der Waals surface area contributed by atoms with Crippen LogP contribution >= 0.6 is 15.9 Å². The Morgan fingerprint density at radius 2 is 1.95 bits per heavy atom. The fourth-order valence-electron chi connectivity index (χ4n) is 2.56. The lowest BCUT2D eigenvalue weighted by molar-refractivity contribution is -1.00.